The zero-order chi connectivity index (χ0) is 63.8. The second-order valence-electron chi connectivity index (χ2n) is 25.9. The molecule has 18 heteroatoms. The van der Waals surface area contributed by atoms with E-state index in [0.717, 1.165) is 71.3 Å². The van der Waals surface area contributed by atoms with Crippen molar-refractivity contribution in [2.75, 3.05) is 40.6 Å². The van der Waals surface area contributed by atoms with Gasteiger partial charge in [-0.2, -0.15) is 0 Å². The van der Waals surface area contributed by atoms with Crippen LogP contribution in [-0.2, 0) is 41.2 Å². The van der Waals surface area contributed by atoms with Gasteiger partial charge in [0.1, 0.15) is 71.6 Å². The highest BCUT2D eigenvalue weighted by atomic mass is 79.9. The summed E-state index contributed by atoms with van der Waals surface area (Å²) in [7, 11) is 2.22. The summed E-state index contributed by atoms with van der Waals surface area (Å²) in [6.07, 6.45) is 2.41. The molecule has 0 spiro atoms. The Bertz CT molecular complexity index is 3510. The standard InChI is InChI=1S/C32H35FO6.C26H30BFO6.C12H17BrO2/c1-18-12-22(38-17-32(3,4)35)13-19(2)30(18)24-8-10-26(33)31-25(24)9-11-27(31)39-21-6-7-23-20(14-29(34)36-5)16-37-28(23)15-21;1-25(2)26(3,4)34-27(33-25)19-9-10-20(28)24-18(19)8-11-21(24)32-16-6-7-17-15(12-23(29)30-5)14-31-22(17)13-16;1-8-5-10(6-9(2)11(8)13)15-7-12(3,4)14/h6-8,10,12-13,15,20,27,35H,9,11,14,16-17H2,1-5H3;6-7,9-10,13,15,21H,8,11-12,14H2,1-5H3;5-6,14H,7H2,1-4H3/t20?,27-;15?,21-;/m11./s1. The Balaban J connectivity index is 0.000000172. The van der Waals surface area contributed by atoms with Crippen LogP contribution in [0.15, 0.2) is 89.4 Å². The first-order valence-electron chi connectivity index (χ1n) is 30.0. The van der Waals surface area contributed by atoms with Crippen molar-refractivity contribution in [2.45, 2.75) is 168 Å². The van der Waals surface area contributed by atoms with Gasteiger partial charge >= 0.3 is 19.1 Å². The Morgan fingerprint density at radius 1 is 0.602 bits per heavy atom. The maximum Gasteiger partial charge on any atom is 0.495 e. The molecule has 3 aliphatic heterocycles. The predicted octanol–water partition coefficient (Wildman–Crippen LogP) is 13.8. The molecule has 470 valence electrons. The van der Waals surface area contributed by atoms with Crippen LogP contribution in [0.1, 0.15) is 161 Å². The van der Waals surface area contributed by atoms with Crippen LogP contribution in [0.5, 0.6) is 34.5 Å². The number of benzene rings is 6. The lowest BCUT2D eigenvalue weighted by molar-refractivity contribution is -0.142. The molecule has 2 unspecified atom stereocenters. The molecule has 88 heavy (non-hydrogen) atoms. The van der Waals surface area contributed by atoms with E-state index in [4.69, 9.17) is 47.2 Å². The molecule has 3 heterocycles. The maximum atomic E-state index is 15.3. The normalized spacial score (nSPS) is 19.1. The predicted molar refractivity (Wildman–Crippen MR) is 337 cm³/mol. The van der Waals surface area contributed by atoms with E-state index in [-0.39, 0.29) is 54.9 Å². The Kier molecular flexibility index (Phi) is 19.7. The number of aliphatic hydroxyl groups is 2. The van der Waals surface area contributed by atoms with Gasteiger partial charge in [0.2, 0.25) is 0 Å². The molecule has 0 radical (unpaired) electrons. The second kappa shape index (κ2) is 26.4. The minimum absolute atomic E-state index is 0.0383. The second-order valence-corrected chi connectivity index (χ2v) is 26.7. The molecule has 11 rings (SSSR count). The fraction of sp³-hybridized carbons (Fsp3) is 0.457. The van der Waals surface area contributed by atoms with Crippen LogP contribution in [0.3, 0.4) is 0 Å². The molecular weight excluding hydrogens is 1190 g/mol. The molecule has 5 aliphatic rings. The van der Waals surface area contributed by atoms with Gasteiger partial charge in [-0.1, -0.05) is 40.2 Å². The van der Waals surface area contributed by atoms with Crippen LogP contribution in [0.2, 0.25) is 0 Å². The number of carbonyl (C=O) groups is 2. The fourth-order valence-corrected chi connectivity index (χ4v) is 12.1. The van der Waals surface area contributed by atoms with Crippen LogP contribution < -0.4 is 33.9 Å². The van der Waals surface area contributed by atoms with Crippen molar-refractivity contribution in [1.82, 2.24) is 0 Å². The topological polar surface area (TPSA) is 167 Å². The first kappa shape index (κ1) is 65.7. The lowest BCUT2D eigenvalue weighted by Gasteiger charge is -2.32. The first-order chi connectivity index (χ1) is 41.4. The van der Waals surface area contributed by atoms with Crippen molar-refractivity contribution < 1.29 is 75.8 Å². The summed E-state index contributed by atoms with van der Waals surface area (Å²) in [6.45, 7) is 24.3. The van der Waals surface area contributed by atoms with E-state index in [1.807, 2.05) is 122 Å². The number of methoxy groups -OCH3 is 2. The number of halogens is 3. The average molecular weight is 1280 g/mol. The van der Waals surface area contributed by atoms with Gasteiger partial charge in [-0.25, -0.2) is 8.78 Å². The van der Waals surface area contributed by atoms with Crippen molar-refractivity contribution >= 4 is 40.4 Å². The zero-order valence-corrected chi connectivity index (χ0v) is 54.6. The van der Waals surface area contributed by atoms with Gasteiger partial charge in [0, 0.05) is 50.7 Å². The molecule has 0 aromatic heterocycles. The summed E-state index contributed by atoms with van der Waals surface area (Å²) in [5, 5.41) is 19.6. The third-order valence-electron chi connectivity index (χ3n) is 17.0. The van der Waals surface area contributed by atoms with E-state index < -0.39 is 41.7 Å². The Morgan fingerprint density at radius 2 is 1.02 bits per heavy atom. The van der Waals surface area contributed by atoms with E-state index >= 15 is 8.78 Å². The van der Waals surface area contributed by atoms with Crippen LogP contribution in [0.25, 0.3) is 11.1 Å². The smallest absolute Gasteiger partial charge is 0.492 e. The Morgan fingerprint density at radius 3 is 1.47 bits per heavy atom. The Labute approximate surface area is 524 Å². The van der Waals surface area contributed by atoms with Gasteiger partial charge in [0.25, 0.3) is 0 Å². The summed E-state index contributed by atoms with van der Waals surface area (Å²) in [4.78, 5) is 23.4. The van der Waals surface area contributed by atoms with Crippen LogP contribution in [-0.4, -0.2) is 92.3 Å². The monoisotopic (exact) mass is 1270 g/mol. The quantitative estimate of drug-likeness (QED) is 0.0694. The van der Waals surface area contributed by atoms with Crippen molar-refractivity contribution in [3.05, 3.63) is 157 Å². The molecule has 0 bridgehead atoms. The number of rotatable bonds is 16. The van der Waals surface area contributed by atoms with Crippen molar-refractivity contribution in [3.8, 4) is 45.6 Å². The molecule has 1 fully saturated rings. The van der Waals surface area contributed by atoms with E-state index in [2.05, 4.69) is 15.9 Å². The highest BCUT2D eigenvalue weighted by Crippen LogP contribution is 2.47. The van der Waals surface area contributed by atoms with Gasteiger partial charge < -0.3 is 57.4 Å². The highest BCUT2D eigenvalue weighted by molar-refractivity contribution is 9.10. The largest absolute Gasteiger partial charge is 0.495 e. The minimum atomic E-state index is -0.928. The summed E-state index contributed by atoms with van der Waals surface area (Å²) in [5.41, 5.74) is 9.53. The van der Waals surface area contributed by atoms with Crippen LogP contribution in [0, 0.1) is 39.3 Å². The Hall–Kier alpha value is -6.70. The molecule has 0 saturated carbocycles. The van der Waals surface area contributed by atoms with Crippen molar-refractivity contribution in [3.63, 3.8) is 0 Å². The van der Waals surface area contributed by atoms with Crippen molar-refractivity contribution in [1.29, 1.82) is 0 Å². The summed E-state index contributed by atoms with van der Waals surface area (Å²) in [5.74, 6) is 2.91. The zero-order valence-electron chi connectivity index (χ0n) is 53.0. The van der Waals surface area contributed by atoms with E-state index in [1.54, 1.807) is 33.8 Å². The minimum Gasteiger partial charge on any atom is -0.492 e. The number of fused-ring (bicyclic) bond motifs is 4. The SMILES string of the molecule is COC(=O)CC1COc2cc(O[C@@H]3CCc4c(-c5c(C)cc(OCC(C)(C)O)cc5C)ccc(F)c43)ccc21.COC(=O)CC1COc2cc(O[C@@H]3CCc4c(B5OC(C)(C)C(C)(C)O5)ccc(F)c43)ccc21.Cc1cc(OCC(C)(C)O)cc(C)c1Br. The molecule has 2 aliphatic carbocycles. The molecule has 1 saturated heterocycles. The van der Waals surface area contributed by atoms with Gasteiger partial charge in [-0.15, -0.1) is 0 Å². The fourth-order valence-electron chi connectivity index (χ4n) is 11.9. The molecule has 6 aromatic carbocycles. The van der Waals surface area contributed by atoms with Gasteiger partial charge in [0.05, 0.1) is 62.7 Å². The average Bonchev–Trinajstić information content (AvgIpc) is 2.53. The van der Waals surface area contributed by atoms with E-state index in [1.165, 1.54) is 26.4 Å². The number of carbonyl (C=O) groups excluding carboxylic acids is 2. The van der Waals surface area contributed by atoms with Crippen LogP contribution >= 0.6 is 15.9 Å². The number of ether oxygens (including phenoxy) is 8. The van der Waals surface area contributed by atoms with Gasteiger partial charge in [-0.3, -0.25) is 9.59 Å². The highest BCUT2D eigenvalue weighted by Gasteiger charge is 2.53. The lowest BCUT2D eigenvalue weighted by atomic mass is 9.75. The first-order valence-corrected chi connectivity index (χ1v) is 30.8. The number of esters is 2. The number of hydrogen-bond donors (Lipinski definition) is 2. The molecule has 4 atom stereocenters. The molecule has 6 aromatic rings. The third kappa shape index (κ3) is 15.0. The van der Waals surface area contributed by atoms with E-state index in [9.17, 15) is 19.8 Å². The summed E-state index contributed by atoms with van der Waals surface area (Å²) >= 11 is 3.50. The number of hydrogen-bond acceptors (Lipinski definition) is 14. The molecule has 14 nitrogen and oxygen atoms in total. The molecule has 0 amide bonds. The maximum absolute atomic E-state index is 15.3. The third-order valence-corrected chi connectivity index (χ3v) is 18.3. The van der Waals surface area contributed by atoms with Gasteiger partial charge in [0.15, 0.2) is 0 Å². The molecular formula is C70H82BBrF2O14. The summed E-state index contributed by atoms with van der Waals surface area (Å²) < 4.78 is 88.9. The lowest BCUT2D eigenvalue weighted by Crippen LogP contribution is -2.41. The van der Waals surface area contributed by atoms with Crippen molar-refractivity contribution in [2.24, 2.45) is 0 Å². The van der Waals surface area contributed by atoms with Gasteiger partial charge in [-0.05, 0) is 207 Å². The van der Waals surface area contributed by atoms with E-state index in [0.29, 0.717) is 85.4 Å². The van der Waals surface area contributed by atoms with Crippen LogP contribution in [0.4, 0.5) is 8.78 Å². The molecule has 2 N–H and O–H groups in total. The summed E-state index contributed by atoms with van der Waals surface area (Å²) in [6, 6.07) is 25.7. The number of aryl methyl sites for hydroxylation is 4.